The molecule has 1 unspecified atom stereocenters. The summed E-state index contributed by atoms with van der Waals surface area (Å²) in [6, 6.07) is 8.54. The van der Waals surface area contributed by atoms with Gasteiger partial charge < -0.3 is 10.1 Å². The standard InChI is InChI=1S/C13H19NO/c1-10-5-4-6-11(7-10)12-8-14-13(2,3)9-15-12/h4-7,12,14H,8-9H2,1-3H3. The van der Waals surface area contributed by atoms with E-state index in [9.17, 15) is 0 Å². The number of ether oxygens (including phenoxy) is 1. The average Bonchev–Trinajstić information content (AvgIpc) is 2.17. The van der Waals surface area contributed by atoms with Crippen LogP contribution in [0.25, 0.3) is 0 Å². The molecule has 0 aromatic heterocycles. The van der Waals surface area contributed by atoms with Crippen molar-refractivity contribution in [3.63, 3.8) is 0 Å². The van der Waals surface area contributed by atoms with E-state index in [1.54, 1.807) is 0 Å². The summed E-state index contributed by atoms with van der Waals surface area (Å²) in [7, 11) is 0. The Morgan fingerprint density at radius 3 is 2.80 bits per heavy atom. The second-order valence-electron chi connectivity index (χ2n) is 4.98. The van der Waals surface area contributed by atoms with E-state index in [4.69, 9.17) is 4.74 Å². The molecule has 0 radical (unpaired) electrons. The normalized spacial score (nSPS) is 25.1. The van der Waals surface area contributed by atoms with Gasteiger partial charge >= 0.3 is 0 Å². The number of rotatable bonds is 1. The molecule has 1 heterocycles. The van der Waals surface area contributed by atoms with Gasteiger partial charge in [0.15, 0.2) is 0 Å². The van der Waals surface area contributed by atoms with Gasteiger partial charge in [0.25, 0.3) is 0 Å². The Balaban J connectivity index is 2.08. The summed E-state index contributed by atoms with van der Waals surface area (Å²) in [4.78, 5) is 0. The molecule has 0 aliphatic carbocycles. The number of nitrogens with one attached hydrogen (secondary N) is 1. The topological polar surface area (TPSA) is 21.3 Å². The van der Waals surface area contributed by atoms with E-state index >= 15 is 0 Å². The molecule has 2 nitrogen and oxygen atoms in total. The molecule has 1 N–H and O–H groups in total. The highest BCUT2D eigenvalue weighted by atomic mass is 16.5. The fraction of sp³-hybridized carbons (Fsp3) is 0.538. The average molecular weight is 205 g/mol. The Kier molecular flexibility index (Phi) is 2.81. The molecule has 0 spiro atoms. The molecule has 82 valence electrons. The molecule has 1 aliphatic heterocycles. The second-order valence-corrected chi connectivity index (χ2v) is 4.98. The van der Waals surface area contributed by atoms with Gasteiger partial charge in [-0.3, -0.25) is 0 Å². The van der Waals surface area contributed by atoms with E-state index in [1.807, 2.05) is 0 Å². The predicted octanol–water partition coefficient (Wildman–Crippen LogP) is 2.43. The molecule has 2 rings (SSSR count). The van der Waals surface area contributed by atoms with Crippen molar-refractivity contribution < 1.29 is 4.74 Å². The molecule has 0 amide bonds. The van der Waals surface area contributed by atoms with Crippen molar-refractivity contribution in [3.05, 3.63) is 35.4 Å². The lowest BCUT2D eigenvalue weighted by molar-refractivity contribution is -0.0229. The Morgan fingerprint density at radius 2 is 2.20 bits per heavy atom. The third kappa shape index (κ3) is 2.58. The highest BCUT2D eigenvalue weighted by Crippen LogP contribution is 2.23. The molecule has 1 aliphatic rings. The fourth-order valence-corrected chi connectivity index (χ4v) is 1.87. The summed E-state index contributed by atoms with van der Waals surface area (Å²) in [5.41, 5.74) is 2.68. The van der Waals surface area contributed by atoms with Gasteiger partial charge in [0.1, 0.15) is 0 Å². The first-order valence-electron chi connectivity index (χ1n) is 5.50. The summed E-state index contributed by atoms with van der Waals surface area (Å²) in [6.07, 6.45) is 0.206. The van der Waals surface area contributed by atoms with Gasteiger partial charge in [-0.15, -0.1) is 0 Å². The Hall–Kier alpha value is -0.860. The van der Waals surface area contributed by atoms with Crippen LogP contribution in [0.2, 0.25) is 0 Å². The van der Waals surface area contributed by atoms with Gasteiger partial charge in [-0.2, -0.15) is 0 Å². The number of morpholine rings is 1. The molecule has 1 atom stereocenters. The molecule has 1 aromatic carbocycles. The zero-order chi connectivity index (χ0) is 10.9. The Morgan fingerprint density at radius 1 is 1.40 bits per heavy atom. The largest absolute Gasteiger partial charge is 0.370 e. The SMILES string of the molecule is Cc1cccc(C2CNC(C)(C)CO2)c1. The predicted molar refractivity (Wildman–Crippen MR) is 62.0 cm³/mol. The summed E-state index contributed by atoms with van der Waals surface area (Å²) in [5.74, 6) is 0. The van der Waals surface area contributed by atoms with Crippen molar-refractivity contribution in [1.29, 1.82) is 0 Å². The van der Waals surface area contributed by atoms with E-state index in [-0.39, 0.29) is 11.6 Å². The fourth-order valence-electron chi connectivity index (χ4n) is 1.87. The van der Waals surface area contributed by atoms with Crippen molar-refractivity contribution in [2.75, 3.05) is 13.2 Å². The third-order valence-corrected chi connectivity index (χ3v) is 2.83. The maximum absolute atomic E-state index is 5.87. The summed E-state index contributed by atoms with van der Waals surface area (Å²) >= 11 is 0. The number of hydrogen-bond donors (Lipinski definition) is 1. The first-order valence-corrected chi connectivity index (χ1v) is 5.50. The minimum Gasteiger partial charge on any atom is -0.370 e. The lowest BCUT2D eigenvalue weighted by atomic mass is 10.0. The van der Waals surface area contributed by atoms with Crippen LogP contribution in [0.3, 0.4) is 0 Å². The van der Waals surface area contributed by atoms with E-state index in [1.165, 1.54) is 11.1 Å². The van der Waals surface area contributed by atoms with Gasteiger partial charge in [-0.1, -0.05) is 29.8 Å². The van der Waals surface area contributed by atoms with Gasteiger partial charge in [0, 0.05) is 12.1 Å². The van der Waals surface area contributed by atoms with Gasteiger partial charge in [-0.05, 0) is 26.3 Å². The monoisotopic (exact) mass is 205 g/mol. The van der Waals surface area contributed by atoms with Crippen LogP contribution in [0.4, 0.5) is 0 Å². The molecule has 2 heteroatoms. The van der Waals surface area contributed by atoms with Crippen LogP contribution in [-0.2, 0) is 4.74 Å². The van der Waals surface area contributed by atoms with Crippen molar-refractivity contribution in [1.82, 2.24) is 5.32 Å². The minimum absolute atomic E-state index is 0.111. The number of aryl methyl sites for hydroxylation is 1. The minimum atomic E-state index is 0.111. The van der Waals surface area contributed by atoms with Crippen molar-refractivity contribution >= 4 is 0 Å². The lowest BCUT2D eigenvalue weighted by Crippen LogP contribution is -2.50. The lowest BCUT2D eigenvalue weighted by Gasteiger charge is -2.36. The van der Waals surface area contributed by atoms with E-state index in [2.05, 4.69) is 50.4 Å². The highest BCUT2D eigenvalue weighted by Gasteiger charge is 2.27. The molecule has 1 fully saturated rings. The van der Waals surface area contributed by atoms with Crippen LogP contribution < -0.4 is 5.32 Å². The van der Waals surface area contributed by atoms with Crippen LogP contribution in [0.15, 0.2) is 24.3 Å². The smallest absolute Gasteiger partial charge is 0.0950 e. The highest BCUT2D eigenvalue weighted by molar-refractivity contribution is 5.24. The molecule has 1 saturated heterocycles. The van der Waals surface area contributed by atoms with E-state index < -0.39 is 0 Å². The van der Waals surface area contributed by atoms with Gasteiger partial charge in [0.05, 0.1) is 12.7 Å². The molecular formula is C13H19NO. The van der Waals surface area contributed by atoms with Crippen LogP contribution in [0.5, 0.6) is 0 Å². The first kappa shape index (κ1) is 10.7. The van der Waals surface area contributed by atoms with Crippen LogP contribution in [-0.4, -0.2) is 18.7 Å². The maximum Gasteiger partial charge on any atom is 0.0950 e. The third-order valence-electron chi connectivity index (χ3n) is 2.83. The van der Waals surface area contributed by atoms with E-state index in [0.717, 1.165) is 13.2 Å². The molecular weight excluding hydrogens is 186 g/mol. The van der Waals surface area contributed by atoms with Crippen LogP contribution >= 0.6 is 0 Å². The first-order chi connectivity index (χ1) is 7.07. The summed E-state index contributed by atoms with van der Waals surface area (Å²) in [6.45, 7) is 8.12. The zero-order valence-corrected chi connectivity index (χ0v) is 9.71. The molecule has 0 saturated carbocycles. The molecule has 1 aromatic rings. The zero-order valence-electron chi connectivity index (χ0n) is 9.71. The number of hydrogen-bond acceptors (Lipinski definition) is 2. The maximum atomic E-state index is 5.87. The summed E-state index contributed by atoms with van der Waals surface area (Å²) < 4.78 is 5.87. The number of benzene rings is 1. The van der Waals surface area contributed by atoms with Crippen LogP contribution in [0, 0.1) is 6.92 Å². The van der Waals surface area contributed by atoms with Crippen molar-refractivity contribution in [2.45, 2.75) is 32.4 Å². The second kappa shape index (κ2) is 3.95. The van der Waals surface area contributed by atoms with Gasteiger partial charge in [-0.25, -0.2) is 0 Å². The van der Waals surface area contributed by atoms with E-state index in [0.29, 0.717) is 0 Å². The Bertz CT molecular complexity index is 336. The summed E-state index contributed by atoms with van der Waals surface area (Å²) in [5, 5.41) is 3.50. The quantitative estimate of drug-likeness (QED) is 0.760. The van der Waals surface area contributed by atoms with Crippen LogP contribution in [0.1, 0.15) is 31.1 Å². The van der Waals surface area contributed by atoms with Gasteiger partial charge in [0.2, 0.25) is 0 Å². The molecule has 0 bridgehead atoms. The van der Waals surface area contributed by atoms with Crippen molar-refractivity contribution in [2.24, 2.45) is 0 Å². The molecule has 15 heavy (non-hydrogen) atoms. The van der Waals surface area contributed by atoms with Crippen molar-refractivity contribution in [3.8, 4) is 0 Å². The Labute approximate surface area is 91.6 Å².